The van der Waals surface area contributed by atoms with Crippen molar-refractivity contribution in [1.29, 1.82) is 0 Å². The molecular formula is C17H20ClN3OS. The lowest BCUT2D eigenvalue weighted by molar-refractivity contribution is -0.116. The minimum absolute atomic E-state index is 0.0450. The Morgan fingerprint density at radius 2 is 2.13 bits per heavy atom. The van der Waals surface area contributed by atoms with Crippen LogP contribution in [0, 0.1) is 5.92 Å². The first kappa shape index (κ1) is 16.4. The lowest BCUT2D eigenvalue weighted by Gasteiger charge is -2.21. The van der Waals surface area contributed by atoms with Crippen molar-refractivity contribution in [3.05, 3.63) is 34.7 Å². The van der Waals surface area contributed by atoms with Gasteiger partial charge in [-0.2, -0.15) is 0 Å². The van der Waals surface area contributed by atoms with Crippen LogP contribution >= 0.6 is 22.9 Å². The summed E-state index contributed by atoms with van der Waals surface area (Å²) in [5, 5.41) is 9.47. The van der Waals surface area contributed by atoms with Crippen molar-refractivity contribution in [2.45, 2.75) is 25.7 Å². The Bertz CT molecular complexity index is 667. The highest BCUT2D eigenvalue weighted by Gasteiger charge is 2.15. The van der Waals surface area contributed by atoms with E-state index < -0.39 is 0 Å². The third-order valence-electron chi connectivity index (χ3n) is 4.14. The smallest absolute Gasteiger partial charge is 0.226 e. The summed E-state index contributed by atoms with van der Waals surface area (Å²) in [7, 11) is 0. The van der Waals surface area contributed by atoms with Crippen LogP contribution in [0.4, 0.5) is 5.13 Å². The molecule has 1 aromatic carbocycles. The van der Waals surface area contributed by atoms with E-state index in [1.165, 1.54) is 24.2 Å². The van der Waals surface area contributed by atoms with Gasteiger partial charge in [0.05, 0.1) is 5.69 Å². The predicted molar refractivity (Wildman–Crippen MR) is 96.0 cm³/mol. The van der Waals surface area contributed by atoms with Gasteiger partial charge in [0.15, 0.2) is 5.13 Å². The quantitative estimate of drug-likeness (QED) is 0.851. The molecule has 0 spiro atoms. The molecule has 0 unspecified atom stereocenters. The summed E-state index contributed by atoms with van der Waals surface area (Å²) < 4.78 is 0. The van der Waals surface area contributed by atoms with Crippen molar-refractivity contribution < 1.29 is 4.79 Å². The largest absolute Gasteiger partial charge is 0.317 e. The molecule has 4 nitrogen and oxygen atoms in total. The molecule has 23 heavy (non-hydrogen) atoms. The number of hydrogen-bond donors (Lipinski definition) is 2. The number of piperidine rings is 1. The van der Waals surface area contributed by atoms with Crippen molar-refractivity contribution in [2.75, 3.05) is 18.4 Å². The highest BCUT2D eigenvalue weighted by Crippen LogP contribution is 2.30. The first-order chi connectivity index (χ1) is 11.2. The van der Waals surface area contributed by atoms with Gasteiger partial charge in [-0.15, -0.1) is 11.3 Å². The zero-order valence-corrected chi connectivity index (χ0v) is 14.4. The Morgan fingerprint density at radius 1 is 1.35 bits per heavy atom. The lowest BCUT2D eigenvalue weighted by Crippen LogP contribution is -2.28. The molecule has 1 aliphatic rings. The Balaban J connectivity index is 1.54. The fourth-order valence-electron chi connectivity index (χ4n) is 2.81. The number of nitrogens with zero attached hydrogens (tertiary/aromatic N) is 1. The number of benzene rings is 1. The maximum Gasteiger partial charge on any atom is 0.226 e. The molecule has 0 aliphatic carbocycles. The van der Waals surface area contributed by atoms with E-state index in [1.54, 1.807) is 0 Å². The highest BCUT2D eigenvalue weighted by atomic mass is 35.5. The monoisotopic (exact) mass is 349 g/mol. The Labute approximate surface area is 145 Å². The van der Waals surface area contributed by atoms with Crippen LogP contribution in [0.2, 0.25) is 5.02 Å². The minimum Gasteiger partial charge on any atom is -0.317 e. The van der Waals surface area contributed by atoms with Crippen molar-refractivity contribution in [3.63, 3.8) is 0 Å². The summed E-state index contributed by atoms with van der Waals surface area (Å²) in [6.45, 7) is 2.14. The number of anilines is 1. The molecule has 3 rings (SSSR count). The molecule has 1 fully saturated rings. The molecule has 1 amide bonds. The van der Waals surface area contributed by atoms with Crippen LogP contribution in [-0.2, 0) is 4.79 Å². The van der Waals surface area contributed by atoms with E-state index in [-0.39, 0.29) is 5.91 Å². The van der Waals surface area contributed by atoms with Crippen molar-refractivity contribution in [2.24, 2.45) is 5.92 Å². The Hall–Kier alpha value is -1.43. The molecule has 2 heterocycles. The fraction of sp³-hybridized carbons (Fsp3) is 0.412. The van der Waals surface area contributed by atoms with Crippen LogP contribution in [0.25, 0.3) is 11.3 Å². The summed E-state index contributed by atoms with van der Waals surface area (Å²) in [6.07, 6.45) is 3.85. The van der Waals surface area contributed by atoms with Gasteiger partial charge in [-0.1, -0.05) is 29.8 Å². The average molecular weight is 350 g/mol. The van der Waals surface area contributed by atoms with Gasteiger partial charge in [-0.3, -0.25) is 4.79 Å². The average Bonchev–Trinajstić information content (AvgIpc) is 3.02. The Morgan fingerprint density at radius 3 is 2.91 bits per heavy atom. The second-order valence-corrected chi connectivity index (χ2v) is 7.06. The second-order valence-electron chi connectivity index (χ2n) is 5.80. The van der Waals surface area contributed by atoms with Crippen LogP contribution in [-0.4, -0.2) is 24.0 Å². The molecule has 1 aliphatic heterocycles. The van der Waals surface area contributed by atoms with Crippen molar-refractivity contribution >= 4 is 34.0 Å². The molecule has 0 atom stereocenters. The summed E-state index contributed by atoms with van der Waals surface area (Å²) >= 11 is 7.61. The molecule has 6 heteroatoms. The molecule has 2 N–H and O–H groups in total. The predicted octanol–water partition coefficient (Wildman–Crippen LogP) is 4.18. The van der Waals surface area contributed by atoms with E-state index in [9.17, 15) is 4.79 Å². The van der Waals surface area contributed by atoms with Gasteiger partial charge in [0, 0.05) is 22.4 Å². The van der Waals surface area contributed by atoms with E-state index in [4.69, 9.17) is 11.6 Å². The zero-order chi connectivity index (χ0) is 16.1. The van der Waals surface area contributed by atoms with Gasteiger partial charge in [0.25, 0.3) is 0 Å². The van der Waals surface area contributed by atoms with Crippen LogP contribution < -0.4 is 10.6 Å². The van der Waals surface area contributed by atoms with E-state index >= 15 is 0 Å². The number of rotatable bonds is 5. The summed E-state index contributed by atoms with van der Waals surface area (Å²) in [6, 6.07) is 7.59. The van der Waals surface area contributed by atoms with Crippen molar-refractivity contribution in [3.8, 4) is 11.3 Å². The van der Waals surface area contributed by atoms with E-state index in [1.807, 2.05) is 29.6 Å². The maximum atomic E-state index is 12.1. The van der Waals surface area contributed by atoms with Gasteiger partial charge < -0.3 is 10.6 Å². The van der Waals surface area contributed by atoms with Crippen LogP contribution in [0.5, 0.6) is 0 Å². The molecule has 2 aromatic rings. The normalized spacial score (nSPS) is 15.5. The first-order valence-corrected chi connectivity index (χ1v) is 9.19. The van der Waals surface area contributed by atoms with Gasteiger partial charge in [0.2, 0.25) is 5.91 Å². The van der Waals surface area contributed by atoms with Crippen molar-refractivity contribution in [1.82, 2.24) is 10.3 Å². The van der Waals surface area contributed by atoms with E-state index in [0.29, 0.717) is 22.5 Å². The lowest BCUT2D eigenvalue weighted by atomic mass is 9.93. The number of halogens is 1. The SMILES string of the molecule is O=C(CCC1CCNCC1)Nc1nc(-c2ccccc2Cl)cs1. The van der Waals surface area contributed by atoms with Crippen LogP contribution in [0.3, 0.4) is 0 Å². The minimum atomic E-state index is 0.0450. The molecule has 0 saturated carbocycles. The summed E-state index contributed by atoms with van der Waals surface area (Å²) in [5.41, 5.74) is 1.69. The number of thiazole rings is 1. The van der Waals surface area contributed by atoms with E-state index in [2.05, 4.69) is 15.6 Å². The molecule has 1 saturated heterocycles. The molecule has 0 radical (unpaired) electrons. The number of amides is 1. The van der Waals surface area contributed by atoms with Gasteiger partial charge in [-0.05, 0) is 44.3 Å². The second kappa shape index (κ2) is 7.90. The number of aromatic nitrogens is 1. The van der Waals surface area contributed by atoms with Gasteiger partial charge in [0.1, 0.15) is 0 Å². The topological polar surface area (TPSA) is 54.0 Å². The molecular weight excluding hydrogens is 330 g/mol. The van der Waals surface area contributed by atoms with E-state index in [0.717, 1.165) is 30.8 Å². The number of nitrogens with one attached hydrogen (secondary N) is 2. The molecule has 122 valence electrons. The maximum absolute atomic E-state index is 12.1. The highest BCUT2D eigenvalue weighted by molar-refractivity contribution is 7.14. The number of carbonyl (C=O) groups excluding carboxylic acids is 1. The first-order valence-electron chi connectivity index (χ1n) is 7.93. The summed E-state index contributed by atoms with van der Waals surface area (Å²) in [5.74, 6) is 0.709. The van der Waals surface area contributed by atoms with Crippen LogP contribution in [0.1, 0.15) is 25.7 Å². The Kier molecular flexibility index (Phi) is 5.65. The third-order valence-corrected chi connectivity index (χ3v) is 5.23. The molecule has 1 aromatic heterocycles. The van der Waals surface area contributed by atoms with Crippen LogP contribution in [0.15, 0.2) is 29.6 Å². The number of hydrogen-bond acceptors (Lipinski definition) is 4. The zero-order valence-electron chi connectivity index (χ0n) is 12.8. The molecule has 0 bridgehead atoms. The fourth-order valence-corrected chi connectivity index (χ4v) is 3.77. The number of carbonyl (C=O) groups is 1. The standard InChI is InChI=1S/C17H20ClN3OS/c18-14-4-2-1-3-13(14)15-11-23-17(20-15)21-16(22)6-5-12-7-9-19-10-8-12/h1-4,11-12,19H,5-10H2,(H,20,21,22). The van der Waals surface area contributed by atoms with Gasteiger partial charge in [-0.25, -0.2) is 4.98 Å². The summed E-state index contributed by atoms with van der Waals surface area (Å²) in [4.78, 5) is 16.5. The third kappa shape index (κ3) is 4.53. The van der Waals surface area contributed by atoms with Gasteiger partial charge >= 0.3 is 0 Å².